The van der Waals surface area contributed by atoms with Crippen molar-refractivity contribution in [2.75, 3.05) is 17.7 Å². The van der Waals surface area contributed by atoms with Crippen LogP contribution in [0.5, 0.6) is 0 Å². The lowest BCUT2D eigenvalue weighted by molar-refractivity contribution is -0.526. The van der Waals surface area contributed by atoms with Crippen LogP contribution in [-0.4, -0.2) is 37.6 Å². The fraction of sp³-hybridized carbons (Fsp3) is 0.107. The van der Waals surface area contributed by atoms with E-state index in [-0.39, 0.29) is 22.4 Å². The van der Waals surface area contributed by atoms with E-state index in [1.807, 2.05) is 35.7 Å². The number of fused-ring (bicyclic) bond motifs is 1. The predicted molar refractivity (Wildman–Crippen MR) is 153 cm³/mol. The summed E-state index contributed by atoms with van der Waals surface area (Å²) < 4.78 is 33.6. The van der Waals surface area contributed by atoms with Gasteiger partial charge in [0, 0.05) is 10.9 Å². The fourth-order valence-corrected chi connectivity index (χ4v) is 7.60. The minimum Gasteiger partial charge on any atom is -0.462 e. The zero-order valence-electron chi connectivity index (χ0n) is 20.8. The minimum atomic E-state index is -3.94. The average molecular weight is 579 g/mol. The first-order valence-electron chi connectivity index (χ1n) is 12.0. The second kappa shape index (κ2) is 11.4. The number of thioether (sulfide) groups is 1. The van der Waals surface area contributed by atoms with Gasteiger partial charge in [-0.3, -0.25) is 4.79 Å². The van der Waals surface area contributed by atoms with E-state index in [1.165, 1.54) is 27.4 Å². The topological polar surface area (TPSA) is 109 Å². The number of imidazole rings is 1. The number of H-pyrrole nitrogens is 1. The van der Waals surface area contributed by atoms with Crippen LogP contribution >= 0.6 is 23.1 Å². The second-order valence-electron chi connectivity index (χ2n) is 8.31. The SMILES string of the molecule is CCOC(=O)c1c(-c2ccccc2)csc1NC(=O)CSc1[nH]c2ccccc2[n+]1S(=O)(=O)c1ccccc1. The Kier molecular flexibility index (Phi) is 7.82. The lowest BCUT2D eigenvalue weighted by atomic mass is 10.0. The van der Waals surface area contributed by atoms with E-state index < -0.39 is 21.9 Å². The molecule has 0 spiro atoms. The van der Waals surface area contributed by atoms with Gasteiger partial charge in [0.15, 0.2) is 11.0 Å². The zero-order valence-corrected chi connectivity index (χ0v) is 23.2. The largest absolute Gasteiger partial charge is 0.462 e. The number of anilines is 1. The number of hydrogen-bond donors (Lipinski definition) is 2. The molecule has 0 atom stereocenters. The third-order valence-electron chi connectivity index (χ3n) is 5.78. The third kappa shape index (κ3) is 5.47. The lowest BCUT2D eigenvalue weighted by Gasteiger charge is -2.08. The second-order valence-corrected chi connectivity index (χ2v) is 11.9. The van der Waals surface area contributed by atoms with Gasteiger partial charge in [-0.1, -0.05) is 60.7 Å². The Balaban J connectivity index is 1.42. The third-order valence-corrected chi connectivity index (χ3v) is 9.48. The number of nitrogens with one attached hydrogen (secondary N) is 2. The van der Waals surface area contributed by atoms with Crippen LogP contribution in [0.2, 0.25) is 0 Å². The van der Waals surface area contributed by atoms with Gasteiger partial charge in [-0.05, 0) is 48.5 Å². The van der Waals surface area contributed by atoms with Crippen molar-refractivity contribution in [1.82, 2.24) is 4.98 Å². The maximum atomic E-state index is 13.6. The van der Waals surface area contributed by atoms with Gasteiger partial charge in [0.25, 0.3) is 0 Å². The van der Waals surface area contributed by atoms with Gasteiger partial charge in [0.2, 0.25) is 5.91 Å². The number of amides is 1. The molecule has 198 valence electrons. The van der Waals surface area contributed by atoms with Crippen molar-refractivity contribution in [2.24, 2.45) is 0 Å². The van der Waals surface area contributed by atoms with Crippen LogP contribution in [0.25, 0.3) is 22.2 Å². The summed E-state index contributed by atoms with van der Waals surface area (Å²) >= 11 is 2.29. The first kappa shape index (κ1) is 26.7. The monoisotopic (exact) mass is 578 g/mol. The zero-order chi connectivity index (χ0) is 27.4. The number of para-hydroxylation sites is 2. The van der Waals surface area contributed by atoms with Gasteiger partial charge in [-0.25, -0.2) is 9.78 Å². The van der Waals surface area contributed by atoms with E-state index in [2.05, 4.69) is 10.3 Å². The number of thiophene rings is 1. The molecule has 3 aromatic carbocycles. The van der Waals surface area contributed by atoms with Crippen LogP contribution in [-0.2, 0) is 19.6 Å². The smallest absolute Gasteiger partial charge is 0.341 e. The number of aromatic amines is 1. The van der Waals surface area contributed by atoms with Crippen LogP contribution in [0.1, 0.15) is 17.3 Å². The van der Waals surface area contributed by atoms with E-state index in [4.69, 9.17) is 4.74 Å². The maximum Gasteiger partial charge on any atom is 0.341 e. The number of ether oxygens (including phenoxy) is 1. The highest BCUT2D eigenvalue weighted by molar-refractivity contribution is 8.00. The molecule has 5 rings (SSSR count). The molecule has 0 aliphatic rings. The molecule has 8 nitrogen and oxygen atoms in total. The van der Waals surface area contributed by atoms with Crippen LogP contribution in [0.15, 0.2) is 100 Å². The van der Waals surface area contributed by atoms with Gasteiger partial charge in [0.1, 0.15) is 15.5 Å². The summed E-state index contributed by atoms with van der Waals surface area (Å²) in [6.07, 6.45) is 0. The molecule has 1 amide bonds. The van der Waals surface area contributed by atoms with Crippen molar-refractivity contribution >= 4 is 61.0 Å². The number of benzene rings is 3. The van der Waals surface area contributed by atoms with Crippen LogP contribution in [0, 0.1) is 0 Å². The predicted octanol–water partition coefficient (Wildman–Crippen LogP) is 5.33. The number of hydrogen-bond acceptors (Lipinski definition) is 7. The summed E-state index contributed by atoms with van der Waals surface area (Å²) in [6.45, 7) is 1.92. The molecular formula is C28H24N3O5S3+. The molecule has 0 radical (unpaired) electrons. The van der Waals surface area contributed by atoms with E-state index in [1.54, 1.807) is 49.4 Å². The summed E-state index contributed by atoms with van der Waals surface area (Å²) in [7, 11) is -3.94. The number of aromatic nitrogens is 2. The van der Waals surface area contributed by atoms with Gasteiger partial charge in [-0.2, -0.15) is 8.42 Å². The Morgan fingerprint density at radius 3 is 2.36 bits per heavy atom. The van der Waals surface area contributed by atoms with E-state index in [9.17, 15) is 18.0 Å². The summed E-state index contributed by atoms with van der Waals surface area (Å²) in [5.74, 6) is -1.02. The van der Waals surface area contributed by atoms with Crippen molar-refractivity contribution in [3.8, 4) is 11.1 Å². The van der Waals surface area contributed by atoms with Crippen molar-refractivity contribution in [1.29, 1.82) is 0 Å². The molecule has 5 aromatic rings. The van der Waals surface area contributed by atoms with Crippen molar-refractivity contribution in [3.05, 3.63) is 95.9 Å². The molecule has 2 aromatic heterocycles. The summed E-state index contributed by atoms with van der Waals surface area (Å²) in [5.41, 5.74) is 2.88. The summed E-state index contributed by atoms with van der Waals surface area (Å²) in [4.78, 5) is 29.1. The molecule has 0 aliphatic heterocycles. The number of esters is 1. The Morgan fingerprint density at radius 2 is 1.64 bits per heavy atom. The molecule has 0 unspecified atom stereocenters. The van der Waals surface area contributed by atoms with E-state index in [0.717, 1.165) is 17.3 Å². The van der Waals surface area contributed by atoms with Gasteiger partial charge in [-0.15, -0.1) is 15.3 Å². The fourth-order valence-electron chi connectivity index (χ4n) is 4.05. The molecule has 0 aliphatic carbocycles. The average Bonchev–Trinajstić information content (AvgIpc) is 3.55. The molecule has 11 heteroatoms. The Bertz CT molecular complexity index is 1750. The summed E-state index contributed by atoms with van der Waals surface area (Å²) in [6, 6.07) is 24.6. The Labute approximate surface area is 233 Å². The number of rotatable bonds is 9. The minimum absolute atomic E-state index is 0.0992. The number of carbonyl (C=O) groups is 2. The van der Waals surface area contributed by atoms with Gasteiger partial charge in [0.05, 0.1) is 12.4 Å². The molecule has 0 fully saturated rings. The highest BCUT2D eigenvalue weighted by atomic mass is 32.2. The highest BCUT2D eigenvalue weighted by Crippen LogP contribution is 2.36. The maximum absolute atomic E-state index is 13.6. The van der Waals surface area contributed by atoms with Crippen LogP contribution < -0.4 is 9.29 Å². The van der Waals surface area contributed by atoms with Gasteiger partial charge < -0.3 is 10.1 Å². The normalized spacial score (nSPS) is 11.4. The molecule has 0 saturated heterocycles. The van der Waals surface area contributed by atoms with Gasteiger partial charge >= 0.3 is 21.1 Å². The van der Waals surface area contributed by atoms with Crippen LogP contribution in [0.4, 0.5) is 5.00 Å². The molecule has 2 N–H and O–H groups in total. The van der Waals surface area contributed by atoms with Crippen molar-refractivity contribution < 1.29 is 26.7 Å². The van der Waals surface area contributed by atoms with E-state index >= 15 is 0 Å². The van der Waals surface area contributed by atoms with Crippen molar-refractivity contribution in [2.45, 2.75) is 17.0 Å². The molecule has 0 saturated carbocycles. The molecule has 39 heavy (non-hydrogen) atoms. The number of nitrogens with zero attached hydrogens (tertiary/aromatic N) is 1. The lowest BCUT2D eigenvalue weighted by Crippen LogP contribution is -2.44. The van der Waals surface area contributed by atoms with E-state index in [0.29, 0.717) is 27.2 Å². The first-order chi connectivity index (χ1) is 18.9. The number of carbonyl (C=O) groups excluding carboxylic acids is 2. The summed E-state index contributed by atoms with van der Waals surface area (Å²) in [5, 5.41) is 5.29. The standard InChI is InChI=1S/C28H23N3O5S3/c1-2-36-27(33)25-21(19-11-5-3-6-12-19)17-37-26(25)30-24(32)18-38-28-29-22-15-9-10-16-23(22)31(28)39(34,35)20-13-7-4-8-14-20/h3-17H,2,18H2,1H3,(H,30,32,33)/p+1. The molecule has 2 heterocycles. The molecular weight excluding hydrogens is 555 g/mol. The Hall–Kier alpha value is -3.93. The first-order valence-corrected chi connectivity index (χ1v) is 15.3. The molecule has 0 bridgehead atoms. The van der Waals surface area contributed by atoms with Crippen LogP contribution in [0.3, 0.4) is 0 Å². The van der Waals surface area contributed by atoms with Crippen molar-refractivity contribution in [3.63, 3.8) is 0 Å². The highest BCUT2D eigenvalue weighted by Gasteiger charge is 2.32. The Morgan fingerprint density at radius 1 is 0.974 bits per heavy atom. The quantitative estimate of drug-likeness (QED) is 0.139.